The van der Waals surface area contributed by atoms with Crippen LogP contribution >= 0.6 is 11.6 Å². The third-order valence-corrected chi connectivity index (χ3v) is 5.47. The molecule has 1 aromatic rings. The number of nitrogens with one attached hydrogen (secondary N) is 1. The average Bonchev–Trinajstić information content (AvgIpc) is 2.79. The van der Waals surface area contributed by atoms with Gasteiger partial charge in [0, 0.05) is 38.1 Å². The third-order valence-electron chi connectivity index (χ3n) is 5.17. The molecule has 1 rings (SSSR count). The smallest absolute Gasteiger partial charge is 0.339 e. The van der Waals surface area contributed by atoms with Gasteiger partial charge in [0.15, 0.2) is 0 Å². The Kier molecular flexibility index (Phi) is 15.3. The van der Waals surface area contributed by atoms with Crippen LogP contribution in [0.2, 0.25) is 0 Å². The number of carbonyl (C=O) groups is 1. The number of hydrogen-bond donors (Lipinski definition) is 1. The Morgan fingerprint density at radius 2 is 1.97 bits per heavy atom. The van der Waals surface area contributed by atoms with Gasteiger partial charge in [0.1, 0.15) is 11.5 Å². The van der Waals surface area contributed by atoms with Crippen LogP contribution in [0.4, 0.5) is 0 Å². The van der Waals surface area contributed by atoms with Crippen molar-refractivity contribution >= 4 is 17.5 Å². The molecular formula is C25H38ClNO5. The molecule has 0 radical (unpaired) electrons. The van der Waals surface area contributed by atoms with Crippen molar-refractivity contribution in [2.45, 2.75) is 77.2 Å². The summed E-state index contributed by atoms with van der Waals surface area (Å²) >= 11 is 5.88. The predicted octanol–water partition coefficient (Wildman–Crippen LogP) is 5.53. The first-order valence-electron chi connectivity index (χ1n) is 11.4. The van der Waals surface area contributed by atoms with Crippen LogP contribution in [-0.2, 0) is 16.0 Å². The maximum Gasteiger partial charge on any atom is 0.339 e. The van der Waals surface area contributed by atoms with E-state index in [2.05, 4.69) is 18.3 Å². The van der Waals surface area contributed by atoms with Gasteiger partial charge >= 0.3 is 5.63 Å². The summed E-state index contributed by atoms with van der Waals surface area (Å²) < 4.78 is 15.8. The summed E-state index contributed by atoms with van der Waals surface area (Å²) in [4.78, 5) is 23.7. The number of allylic oxidation sites excluding steroid dienone is 1. The van der Waals surface area contributed by atoms with E-state index in [1.165, 1.54) is 50.8 Å². The standard InChI is InChI=1S/C25H38ClNO5/c1-4-5-6-7-9-12-21(30-2)13-10-8-11-14-24(28)27-19-20(18-26)15-23-16-22(31-3)17-25(29)32-23/h8,10,16-18,21H,4-7,9,11-15,19H2,1-3H3,(H,27,28)/b10-8+,20-18-/t21-/m0/s1. The van der Waals surface area contributed by atoms with E-state index in [0.29, 0.717) is 30.8 Å². The number of carbonyl (C=O) groups excluding carboxylic acids is 1. The first kappa shape index (κ1) is 28.0. The molecule has 0 aliphatic heterocycles. The SMILES string of the molecule is CCCCCCC[C@@H](C/C=C/CCC(=O)NC/C(=C\Cl)Cc1cc(OC)cc(=O)o1)OC. The molecule has 180 valence electrons. The third kappa shape index (κ3) is 12.7. The topological polar surface area (TPSA) is 77.8 Å². The fourth-order valence-corrected chi connectivity index (χ4v) is 3.42. The van der Waals surface area contributed by atoms with Gasteiger partial charge in [-0.2, -0.15) is 0 Å². The highest BCUT2D eigenvalue weighted by molar-refractivity contribution is 6.25. The number of amides is 1. The lowest BCUT2D eigenvalue weighted by Gasteiger charge is -2.12. The van der Waals surface area contributed by atoms with E-state index >= 15 is 0 Å². The Morgan fingerprint density at radius 3 is 2.66 bits per heavy atom. The zero-order valence-corrected chi connectivity index (χ0v) is 20.4. The van der Waals surface area contributed by atoms with Crippen molar-refractivity contribution in [3.8, 4) is 5.75 Å². The first-order valence-corrected chi connectivity index (χ1v) is 11.9. The molecule has 0 bridgehead atoms. The fraction of sp³-hybridized carbons (Fsp3) is 0.600. The lowest BCUT2D eigenvalue weighted by atomic mass is 10.1. The average molecular weight is 468 g/mol. The first-order chi connectivity index (χ1) is 15.5. The second kappa shape index (κ2) is 17.5. The second-order valence-corrected chi connectivity index (χ2v) is 8.03. The van der Waals surface area contributed by atoms with E-state index in [1.54, 1.807) is 13.2 Å². The number of halogens is 1. The van der Waals surface area contributed by atoms with Crippen molar-refractivity contribution in [3.05, 3.63) is 51.6 Å². The summed E-state index contributed by atoms with van der Waals surface area (Å²) in [6.07, 6.45) is 14.0. The van der Waals surface area contributed by atoms with Gasteiger partial charge in [0.05, 0.1) is 19.3 Å². The second-order valence-electron chi connectivity index (χ2n) is 7.81. The highest BCUT2D eigenvalue weighted by Crippen LogP contribution is 2.14. The highest BCUT2D eigenvalue weighted by Gasteiger charge is 2.08. The largest absolute Gasteiger partial charge is 0.496 e. The molecule has 0 aromatic carbocycles. The molecule has 1 heterocycles. The Labute approximate surface area is 197 Å². The van der Waals surface area contributed by atoms with Gasteiger partial charge < -0.3 is 19.2 Å². The minimum atomic E-state index is -0.490. The van der Waals surface area contributed by atoms with Crippen molar-refractivity contribution in [3.63, 3.8) is 0 Å². The van der Waals surface area contributed by atoms with Gasteiger partial charge in [0.25, 0.3) is 0 Å². The van der Waals surface area contributed by atoms with Crippen LogP contribution in [0.3, 0.4) is 0 Å². The summed E-state index contributed by atoms with van der Waals surface area (Å²) in [7, 11) is 3.24. The molecule has 0 unspecified atom stereocenters. The van der Waals surface area contributed by atoms with Crippen LogP contribution in [0, 0.1) is 0 Å². The summed E-state index contributed by atoms with van der Waals surface area (Å²) in [5, 5.41) is 2.85. The molecule has 1 amide bonds. The van der Waals surface area contributed by atoms with Crippen molar-refractivity contribution in [1.29, 1.82) is 0 Å². The van der Waals surface area contributed by atoms with Gasteiger partial charge in [-0.3, -0.25) is 4.79 Å². The molecule has 0 spiro atoms. The maximum atomic E-state index is 12.1. The molecule has 7 heteroatoms. The fourth-order valence-electron chi connectivity index (χ4n) is 3.26. The van der Waals surface area contributed by atoms with Crippen LogP contribution in [-0.4, -0.2) is 32.8 Å². The lowest BCUT2D eigenvalue weighted by Crippen LogP contribution is -2.25. The highest BCUT2D eigenvalue weighted by atomic mass is 35.5. The molecule has 0 aliphatic carbocycles. The van der Waals surface area contributed by atoms with Crippen LogP contribution in [0.1, 0.15) is 70.5 Å². The van der Waals surface area contributed by atoms with Gasteiger partial charge in [0.2, 0.25) is 5.91 Å². The predicted molar refractivity (Wildman–Crippen MR) is 129 cm³/mol. The zero-order chi connectivity index (χ0) is 23.6. The quantitative estimate of drug-likeness (QED) is 0.240. The van der Waals surface area contributed by atoms with Crippen molar-refractivity contribution < 1.29 is 18.7 Å². The van der Waals surface area contributed by atoms with Crippen LogP contribution in [0.25, 0.3) is 0 Å². The van der Waals surface area contributed by atoms with Crippen LogP contribution < -0.4 is 15.7 Å². The molecule has 1 N–H and O–H groups in total. The Balaban J connectivity index is 2.29. The van der Waals surface area contributed by atoms with Crippen molar-refractivity contribution in [2.24, 2.45) is 0 Å². The van der Waals surface area contributed by atoms with Crippen molar-refractivity contribution in [1.82, 2.24) is 5.32 Å². The number of methoxy groups -OCH3 is 2. The Bertz CT molecular complexity index is 772. The molecule has 32 heavy (non-hydrogen) atoms. The summed E-state index contributed by atoms with van der Waals surface area (Å²) in [6, 6.07) is 2.90. The van der Waals surface area contributed by atoms with E-state index in [-0.39, 0.29) is 18.6 Å². The van der Waals surface area contributed by atoms with Gasteiger partial charge in [-0.1, -0.05) is 62.8 Å². The molecule has 1 aromatic heterocycles. The van der Waals surface area contributed by atoms with Gasteiger partial charge in [-0.05, 0) is 24.8 Å². The molecule has 6 nitrogen and oxygen atoms in total. The Morgan fingerprint density at radius 1 is 1.19 bits per heavy atom. The minimum absolute atomic E-state index is 0.0584. The van der Waals surface area contributed by atoms with E-state index in [4.69, 9.17) is 25.5 Å². The molecule has 1 atom stereocenters. The van der Waals surface area contributed by atoms with Crippen LogP contribution in [0.5, 0.6) is 5.75 Å². The van der Waals surface area contributed by atoms with E-state index in [9.17, 15) is 9.59 Å². The molecule has 0 fully saturated rings. The van der Waals surface area contributed by atoms with E-state index in [0.717, 1.165) is 18.4 Å². The number of hydrogen-bond acceptors (Lipinski definition) is 5. The number of ether oxygens (including phenoxy) is 2. The lowest BCUT2D eigenvalue weighted by molar-refractivity contribution is -0.120. The Hall–Kier alpha value is -2.05. The summed E-state index contributed by atoms with van der Waals surface area (Å²) in [5.74, 6) is 0.793. The normalized spacial score (nSPS) is 12.8. The van der Waals surface area contributed by atoms with Gasteiger partial charge in [-0.15, -0.1) is 0 Å². The molecule has 0 saturated carbocycles. The van der Waals surface area contributed by atoms with E-state index < -0.39 is 5.63 Å². The summed E-state index contributed by atoms with van der Waals surface area (Å²) in [6.45, 7) is 2.51. The van der Waals surface area contributed by atoms with Gasteiger partial charge in [-0.25, -0.2) is 4.79 Å². The maximum absolute atomic E-state index is 12.1. The monoisotopic (exact) mass is 467 g/mol. The van der Waals surface area contributed by atoms with E-state index in [1.807, 2.05) is 6.08 Å². The minimum Gasteiger partial charge on any atom is -0.496 e. The number of rotatable bonds is 17. The van der Waals surface area contributed by atoms with Crippen molar-refractivity contribution in [2.75, 3.05) is 20.8 Å². The molecule has 0 saturated heterocycles. The molecule has 0 aliphatic rings. The summed E-state index contributed by atoms with van der Waals surface area (Å²) in [5.41, 5.74) is 1.64. The number of unbranched alkanes of at least 4 members (excludes halogenated alkanes) is 4. The van der Waals surface area contributed by atoms with Crippen LogP contribution in [0.15, 0.2) is 44.6 Å². The zero-order valence-electron chi connectivity index (χ0n) is 19.7. The molecular weight excluding hydrogens is 430 g/mol.